The van der Waals surface area contributed by atoms with Crippen LogP contribution in [-0.4, -0.2) is 15.2 Å². The molecule has 1 unspecified atom stereocenters. The minimum Gasteiger partial charge on any atom is -0.242 e. The highest BCUT2D eigenvalue weighted by molar-refractivity contribution is 7.98. The molecular formula is C10H17NOS3. The molecule has 0 aliphatic rings. The van der Waals surface area contributed by atoms with Gasteiger partial charge in [-0.3, -0.25) is 0 Å². The smallest absolute Gasteiger partial charge is 0.0973 e. The molecule has 1 aromatic heterocycles. The SMILES string of the molecule is CSc1csc(CNS(=O)C(C)(C)C)c1. The Labute approximate surface area is 102 Å². The Morgan fingerprint density at radius 3 is 2.67 bits per heavy atom. The maximum Gasteiger partial charge on any atom is 0.0973 e. The van der Waals surface area contributed by atoms with Crippen molar-refractivity contribution < 1.29 is 4.21 Å². The highest BCUT2D eigenvalue weighted by Crippen LogP contribution is 2.22. The van der Waals surface area contributed by atoms with E-state index < -0.39 is 11.0 Å². The van der Waals surface area contributed by atoms with Gasteiger partial charge in [-0.1, -0.05) is 0 Å². The molecule has 0 aromatic carbocycles. The number of thioether (sulfide) groups is 1. The summed E-state index contributed by atoms with van der Waals surface area (Å²) in [5.74, 6) is 0. The van der Waals surface area contributed by atoms with Crippen molar-refractivity contribution in [2.75, 3.05) is 6.26 Å². The van der Waals surface area contributed by atoms with Gasteiger partial charge in [0.1, 0.15) is 0 Å². The first-order valence-corrected chi connectivity index (χ1v) is 7.95. The van der Waals surface area contributed by atoms with E-state index in [0.29, 0.717) is 6.54 Å². The summed E-state index contributed by atoms with van der Waals surface area (Å²) >= 11 is 3.45. The first kappa shape index (κ1) is 13.2. The molecule has 0 fully saturated rings. The predicted molar refractivity (Wildman–Crippen MR) is 70.8 cm³/mol. The van der Waals surface area contributed by atoms with Crippen LogP contribution in [0.5, 0.6) is 0 Å². The van der Waals surface area contributed by atoms with Crippen LogP contribution in [0, 0.1) is 0 Å². The summed E-state index contributed by atoms with van der Waals surface area (Å²) in [6.45, 7) is 6.60. The highest BCUT2D eigenvalue weighted by atomic mass is 32.2. The normalized spacial score (nSPS) is 14.1. The molecule has 1 atom stereocenters. The third-order valence-electron chi connectivity index (χ3n) is 1.80. The molecule has 86 valence electrons. The van der Waals surface area contributed by atoms with Crippen LogP contribution in [0.4, 0.5) is 0 Å². The lowest BCUT2D eigenvalue weighted by atomic mass is 10.3. The fourth-order valence-electron chi connectivity index (χ4n) is 0.913. The largest absolute Gasteiger partial charge is 0.242 e. The van der Waals surface area contributed by atoms with Gasteiger partial charge in [0.2, 0.25) is 0 Å². The lowest BCUT2D eigenvalue weighted by molar-refractivity contribution is 0.635. The topological polar surface area (TPSA) is 29.1 Å². The van der Waals surface area contributed by atoms with Gasteiger partial charge >= 0.3 is 0 Å². The molecule has 0 radical (unpaired) electrons. The van der Waals surface area contributed by atoms with Gasteiger partial charge in [-0.2, -0.15) is 0 Å². The summed E-state index contributed by atoms with van der Waals surface area (Å²) in [5, 5.41) is 2.13. The van der Waals surface area contributed by atoms with Gasteiger partial charge in [-0.15, -0.1) is 23.1 Å². The molecule has 15 heavy (non-hydrogen) atoms. The maximum atomic E-state index is 11.7. The van der Waals surface area contributed by atoms with Gasteiger partial charge in [0, 0.05) is 21.7 Å². The number of thiophene rings is 1. The number of rotatable bonds is 4. The molecule has 1 heterocycles. The van der Waals surface area contributed by atoms with Crippen LogP contribution in [0.1, 0.15) is 25.6 Å². The number of hydrogen-bond acceptors (Lipinski definition) is 3. The Morgan fingerprint density at radius 1 is 1.53 bits per heavy atom. The van der Waals surface area contributed by atoms with Crippen molar-refractivity contribution in [2.45, 2.75) is 37.0 Å². The zero-order valence-electron chi connectivity index (χ0n) is 9.49. The summed E-state index contributed by atoms with van der Waals surface area (Å²) < 4.78 is 14.6. The Balaban J connectivity index is 2.47. The predicted octanol–water partition coefficient (Wildman–Crippen LogP) is 3.02. The quantitative estimate of drug-likeness (QED) is 0.846. The molecule has 1 aromatic rings. The minimum atomic E-state index is -0.981. The number of hydrogen-bond donors (Lipinski definition) is 1. The zero-order valence-corrected chi connectivity index (χ0v) is 11.9. The average Bonchev–Trinajstić information content (AvgIpc) is 2.60. The van der Waals surface area contributed by atoms with Crippen molar-refractivity contribution in [1.82, 2.24) is 4.72 Å². The van der Waals surface area contributed by atoms with Crippen LogP contribution in [0.3, 0.4) is 0 Å². The summed E-state index contributed by atoms with van der Waals surface area (Å²) in [4.78, 5) is 2.51. The minimum absolute atomic E-state index is 0.195. The molecular weight excluding hydrogens is 246 g/mol. The molecule has 2 nitrogen and oxygen atoms in total. The van der Waals surface area contributed by atoms with E-state index in [4.69, 9.17) is 0 Å². The van der Waals surface area contributed by atoms with Gasteiger partial charge in [0.25, 0.3) is 0 Å². The van der Waals surface area contributed by atoms with Crippen LogP contribution >= 0.6 is 23.1 Å². The van der Waals surface area contributed by atoms with E-state index in [9.17, 15) is 4.21 Å². The van der Waals surface area contributed by atoms with E-state index in [2.05, 4.69) is 22.4 Å². The van der Waals surface area contributed by atoms with Gasteiger partial charge in [-0.05, 0) is 33.1 Å². The Bertz CT molecular complexity index is 341. The fraction of sp³-hybridized carbons (Fsp3) is 0.600. The maximum absolute atomic E-state index is 11.7. The van der Waals surface area contributed by atoms with E-state index >= 15 is 0 Å². The summed E-state index contributed by atoms with van der Waals surface area (Å²) in [5.41, 5.74) is 0. The lowest BCUT2D eigenvalue weighted by Gasteiger charge is -2.17. The van der Waals surface area contributed by atoms with Gasteiger partial charge in [-0.25, -0.2) is 8.93 Å². The van der Waals surface area contributed by atoms with Crippen LogP contribution in [0.15, 0.2) is 16.3 Å². The molecule has 0 aliphatic heterocycles. The molecule has 5 heteroatoms. The molecule has 0 saturated carbocycles. The Kier molecular flexibility index (Phi) is 4.83. The third-order valence-corrected chi connectivity index (χ3v) is 5.11. The molecule has 0 spiro atoms. The van der Waals surface area contributed by atoms with Crippen molar-refractivity contribution in [3.8, 4) is 0 Å². The van der Waals surface area contributed by atoms with Crippen LogP contribution in [0.25, 0.3) is 0 Å². The van der Waals surface area contributed by atoms with Crippen LogP contribution in [-0.2, 0) is 17.5 Å². The zero-order chi connectivity index (χ0) is 11.5. The third kappa shape index (κ3) is 4.26. The van der Waals surface area contributed by atoms with Crippen LogP contribution < -0.4 is 4.72 Å². The lowest BCUT2D eigenvalue weighted by Crippen LogP contribution is -2.32. The van der Waals surface area contributed by atoms with E-state index in [1.807, 2.05) is 20.8 Å². The van der Waals surface area contributed by atoms with E-state index in [0.717, 1.165) is 0 Å². The van der Waals surface area contributed by atoms with Crippen molar-refractivity contribution in [3.63, 3.8) is 0 Å². The summed E-state index contributed by atoms with van der Waals surface area (Å²) in [6, 6.07) is 2.14. The fourth-order valence-corrected chi connectivity index (χ4v) is 3.27. The highest BCUT2D eigenvalue weighted by Gasteiger charge is 2.18. The van der Waals surface area contributed by atoms with Crippen LogP contribution in [0.2, 0.25) is 0 Å². The number of nitrogens with one attached hydrogen (secondary N) is 1. The molecule has 0 aliphatic carbocycles. The van der Waals surface area contributed by atoms with Gasteiger partial charge < -0.3 is 0 Å². The standard InChI is InChI=1S/C10H17NOS3/c1-10(2,3)15(12)11-6-8-5-9(13-4)7-14-8/h5,7,11H,6H2,1-4H3. The van der Waals surface area contributed by atoms with E-state index in [-0.39, 0.29) is 4.75 Å². The van der Waals surface area contributed by atoms with Crippen molar-refractivity contribution in [2.24, 2.45) is 0 Å². The van der Waals surface area contributed by atoms with Crippen molar-refractivity contribution >= 4 is 34.1 Å². The summed E-state index contributed by atoms with van der Waals surface area (Å²) in [7, 11) is -0.981. The van der Waals surface area contributed by atoms with Gasteiger partial charge in [0.05, 0.1) is 15.7 Å². The second-order valence-electron chi connectivity index (χ2n) is 4.16. The molecule has 1 N–H and O–H groups in total. The average molecular weight is 263 g/mol. The van der Waals surface area contributed by atoms with Gasteiger partial charge in [0.15, 0.2) is 0 Å². The molecule has 1 rings (SSSR count). The molecule has 0 amide bonds. The first-order valence-electron chi connectivity index (χ1n) is 4.70. The van der Waals surface area contributed by atoms with E-state index in [1.54, 1.807) is 23.1 Å². The summed E-state index contributed by atoms with van der Waals surface area (Å²) in [6.07, 6.45) is 2.06. The Morgan fingerprint density at radius 2 is 2.20 bits per heavy atom. The first-order chi connectivity index (χ1) is 6.93. The van der Waals surface area contributed by atoms with Crippen molar-refractivity contribution in [1.29, 1.82) is 0 Å². The second kappa shape index (κ2) is 5.48. The monoisotopic (exact) mass is 263 g/mol. The van der Waals surface area contributed by atoms with Crippen molar-refractivity contribution in [3.05, 3.63) is 16.3 Å². The molecule has 0 bridgehead atoms. The second-order valence-corrected chi connectivity index (χ2v) is 8.08. The Hall–Kier alpha value is 0.160. The molecule has 0 saturated heterocycles. The van der Waals surface area contributed by atoms with E-state index in [1.165, 1.54) is 9.77 Å².